The van der Waals surface area contributed by atoms with E-state index in [2.05, 4.69) is 55.5 Å². The summed E-state index contributed by atoms with van der Waals surface area (Å²) in [5, 5.41) is 1.06. The van der Waals surface area contributed by atoms with Crippen LogP contribution in [0, 0.1) is 13.8 Å². The van der Waals surface area contributed by atoms with Crippen molar-refractivity contribution in [3.8, 4) is 11.1 Å². The third-order valence-corrected chi connectivity index (χ3v) is 5.02. The van der Waals surface area contributed by atoms with Gasteiger partial charge in [0.05, 0.1) is 12.1 Å². The largest absolute Gasteiger partial charge is 0.399 e. The van der Waals surface area contributed by atoms with Crippen molar-refractivity contribution in [2.45, 2.75) is 20.4 Å². The van der Waals surface area contributed by atoms with Crippen LogP contribution in [0.2, 0.25) is 0 Å². The number of anilines is 1. The van der Waals surface area contributed by atoms with Gasteiger partial charge in [-0.05, 0) is 48.2 Å². The van der Waals surface area contributed by atoms with E-state index in [1.54, 1.807) is 10.6 Å². The molecule has 4 aromatic rings. The molecule has 3 heteroatoms. The standard InChI is InChI=1S/C24H22N2O/c1-16-3-7-19(8-4-16)20-9-5-18(6-10-20)15-26-23-14-21(25)11-12-22(23)17(2)13-24(26)27/h3-14H,15,25H2,1-2H3. The number of fused-ring (bicyclic) bond motifs is 1. The fourth-order valence-corrected chi connectivity index (χ4v) is 3.46. The lowest BCUT2D eigenvalue weighted by Crippen LogP contribution is -2.21. The molecule has 134 valence electrons. The second kappa shape index (κ2) is 6.76. The van der Waals surface area contributed by atoms with E-state index in [4.69, 9.17) is 5.73 Å². The summed E-state index contributed by atoms with van der Waals surface area (Å²) >= 11 is 0. The maximum Gasteiger partial charge on any atom is 0.251 e. The average molecular weight is 354 g/mol. The van der Waals surface area contributed by atoms with Gasteiger partial charge in [-0.1, -0.05) is 60.2 Å². The van der Waals surface area contributed by atoms with E-state index >= 15 is 0 Å². The summed E-state index contributed by atoms with van der Waals surface area (Å²) in [6, 6.07) is 24.3. The topological polar surface area (TPSA) is 48.0 Å². The van der Waals surface area contributed by atoms with Crippen LogP contribution in [0.3, 0.4) is 0 Å². The zero-order valence-corrected chi connectivity index (χ0v) is 15.6. The summed E-state index contributed by atoms with van der Waals surface area (Å²) in [7, 11) is 0. The summed E-state index contributed by atoms with van der Waals surface area (Å²) in [6.45, 7) is 4.57. The smallest absolute Gasteiger partial charge is 0.251 e. The van der Waals surface area contributed by atoms with Gasteiger partial charge < -0.3 is 10.3 Å². The summed E-state index contributed by atoms with van der Waals surface area (Å²) in [6.07, 6.45) is 0. The molecule has 0 amide bonds. The van der Waals surface area contributed by atoms with Crippen molar-refractivity contribution in [1.29, 1.82) is 0 Å². The molecule has 0 aliphatic carbocycles. The summed E-state index contributed by atoms with van der Waals surface area (Å²) in [4.78, 5) is 12.6. The van der Waals surface area contributed by atoms with Crippen molar-refractivity contribution in [1.82, 2.24) is 4.57 Å². The summed E-state index contributed by atoms with van der Waals surface area (Å²) < 4.78 is 1.79. The Bertz CT molecular complexity index is 1170. The van der Waals surface area contributed by atoms with Gasteiger partial charge in [0.1, 0.15) is 0 Å². The quantitative estimate of drug-likeness (QED) is 0.531. The maximum atomic E-state index is 12.6. The van der Waals surface area contributed by atoms with Crippen LogP contribution in [-0.2, 0) is 6.54 Å². The van der Waals surface area contributed by atoms with Crippen molar-refractivity contribution in [3.63, 3.8) is 0 Å². The van der Waals surface area contributed by atoms with E-state index < -0.39 is 0 Å². The zero-order valence-electron chi connectivity index (χ0n) is 15.6. The highest BCUT2D eigenvalue weighted by molar-refractivity contribution is 5.85. The van der Waals surface area contributed by atoms with Gasteiger partial charge >= 0.3 is 0 Å². The Morgan fingerprint density at radius 2 is 1.44 bits per heavy atom. The fourth-order valence-electron chi connectivity index (χ4n) is 3.46. The zero-order chi connectivity index (χ0) is 19.0. The van der Waals surface area contributed by atoms with E-state index in [0.29, 0.717) is 12.2 Å². The minimum Gasteiger partial charge on any atom is -0.399 e. The molecule has 27 heavy (non-hydrogen) atoms. The summed E-state index contributed by atoms with van der Waals surface area (Å²) in [5.41, 5.74) is 13.2. The third-order valence-electron chi connectivity index (χ3n) is 5.02. The molecule has 0 atom stereocenters. The minimum absolute atomic E-state index is 0.00629. The van der Waals surface area contributed by atoms with Crippen molar-refractivity contribution in [2.24, 2.45) is 0 Å². The predicted molar refractivity (Wildman–Crippen MR) is 113 cm³/mol. The lowest BCUT2D eigenvalue weighted by molar-refractivity contribution is 0.793. The molecule has 0 bridgehead atoms. The predicted octanol–water partition coefficient (Wildman–Crippen LogP) is 4.92. The molecule has 0 radical (unpaired) electrons. The first-order valence-corrected chi connectivity index (χ1v) is 9.07. The maximum absolute atomic E-state index is 12.6. The first kappa shape index (κ1) is 17.1. The van der Waals surface area contributed by atoms with Gasteiger partial charge in [0, 0.05) is 17.1 Å². The highest BCUT2D eigenvalue weighted by Gasteiger charge is 2.08. The van der Waals surface area contributed by atoms with Crippen molar-refractivity contribution < 1.29 is 0 Å². The SMILES string of the molecule is Cc1ccc(-c2ccc(Cn3c(=O)cc(C)c4ccc(N)cc43)cc2)cc1. The minimum atomic E-state index is -0.00629. The molecule has 4 rings (SSSR count). The Morgan fingerprint density at radius 3 is 2.11 bits per heavy atom. The lowest BCUT2D eigenvalue weighted by Gasteiger charge is -2.13. The van der Waals surface area contributed by atoms with E-state index in [-0.39, 0.29) is 5.56 Å². The van der Waals surface area contributed by atoms with Gasteiger partial charge in [0.15, 0.2) is 0 Å². The highest BCUT2D eigenvalue weighted by atomic mass is 16.1. The summed E-state index contributed by atoms with van der Waals surface area (Å²) in [5.74, 6) is 0. The molecule has 0 fully saturated rings. The van der Waals surface area contributed by atoms with Crippen molar-refractivity contribution >= 4 is 16.6 Å². The Balaban J connectivity index is 1.71. The average Bonchev–Trinajstić information content (AvgIpc) is 2.66. The Labute approximate surface area is 158 Å². The Kier molecular flexibility index (Phi) is 4.28. The number of aromatic nitrogens is 1. The first-order chi connectivity index (χ1) is 13.0. The van der Waals surface area contributed by atoms with Crippen LogP contribution in [0.15, 0.2) is 77.6 Å². The number of pyridine rings is 1. The van der Waals surface area contributed by atoms with Gasteiger partial charge in [0.25, 0.3) is 5.56 Å². The Hall–Kier alpha value is -3.33. The third kappa shape index (κ3) is 3.36. The van der Waals surface area contributed by atoms with Crippen LogP contribution in [0.25, 0.3) is 22.0 Å². The highest BCUT2D eigenvalue weighted by Crippen LogP contribution is 2.22. The number of hydrogen-bond acceptors (Lipinski definition) is 2. The molecule has 1 aromatic heterocycles. The molecule has 3 nitrogen and oxygen atoms in total. The van der Waals surface area contributed by atoms with E-state index in [1.807, 2.05) is 25.1 Å². The lowest BCUT2D eigenvalue weighted by atomic mass is 10.0. The Morgan fingerprint density at radius 1 is 0.815 bits per heavy atom. The van der Waals surface area contributed by atoms with Gasteiger partial charge in [0.2, 0.25) is 0 Å². The van der Waals surface area contributed by atoms with Crippen LogP contribution in [0.4, 0.5) is 5.69 Å². The molecule has 0 aliphatic rings. The number of hydrogen-bond donors (Lipinski definition) is 1. The van der Waals surface area contributed by atoms with Crippen LogP contribution in [-0.4, -0.2) is 4.57 Å². The van der Waals surface area contributed by atoms with Gasteiger partial charge in [-0.15, -0.1) is 0 Å². The molecule has 0 unspecified atom stereocenters. The molecule has 0 saturated heterocycles. The normalized spacial score (nSPS) is 11.0. The van der Waals surface area contributed by atoms with Crippen molar-refractivity contribution in [2.75, 3.05) is 5.73 Å². The fraction of sp³-hybridized carbons (Fsp3) is 0.125. The van der Waals surface area contributed by atoms with Gasteiger partial charge in [-0.25, -0.2) is 0 Å². The first-order valence-electron chi connectivity index (χ1n) is 9.07. The molecule has 2 N–H and O–H groups in total. The molecule has 0 spiro atoms. The van der Waals surface area contributed by atoms with E-state index in [1.165, 1.54) is 16.7 Å². The molecule has 3 aromatic carbocycles. The van der Waals surface area contributed by atoms with Crippen LogP contribution < -0.4 is 11.3 Å². The molecule has 1 heterocycles. The van der Waals surface area contributed by atoms with E-state index in [9.17, 15) is 4.79 Å². The number of aryl methyl sites for hydroxylation is 2. The van der Waals surface area contributed by atoms with Gasteiger partial charge in [-0.3, -0.25) is 4.79 Å². The number of nitrogen functional groups attached to an aromatic ring is 1. The van der Waals surface area contributed by atoms with E-state index in [0.717, 1.165) is 22.0 Å². The van der Waals surface area contributed by atoms with Crippen LogP contribution in [0.5, 0.6) is 0 Å². The monoisotopic (exact) mass is 354 g/mol. The second-order valence-corrected chi connectivity index (χ2v) is 7.09. The number of nitrogens with two attached hydrogens (primary N) is 1. The number of benzene rings is 3. The molecular formula is C24H22N2O. The molecule has 0 saturated carbocycles. The molecular weight excluding hydrogens is 332 g/mol. The number of nitrogens with zero attached hydrogens (tertiary/aromatic N) is 1. The van der Waals surface area contributed by atoms with Gasteiger partial charge in [-0.2, -0.15) is 0 Å². The van der Waals surface area contributed by atoms with Crippen LogP contribution in [0.1, 0.15) is 16.7 Å². The molecule has 0 aliphatic heterocycles. The van der Waals surface area contributed by atoms with Crippen molar-refractivity contribution in [3.05, 3.63) is 99.8 Å². The van der Waals surface area contributed by atoms with Crippen LogP contribution >= 0.6 is 0 Å². The number of rotatable bonds is 3. The second-order valence-electron chi connectivity index (χ2n) is 7.09.